The van der Waals surface area contributed by atoms with E-state index in [1.54, 1.807) is 12.1 Å². The van der Waals surface area contributed by atoms with E-state index in [-0.39, 0.29) is 11.3 Å². The van der Waals surface area contributed by atoms with Crippen molar-refractivity contribution in [2.45, 2.75) is 13.1 Å². The van der Waals surface area contributed by atoms with Crippen molar-refractivity contribution >= 4 is 11.4 Å². The van der Waals surface area contributed by atoms with Crippen LogP contribution in [0.5, 0.6) is 0 Å². The van der Waals surface area contributed by atoms with Crippen molar-refractivity contribution < 1.29 is 13.2 Å². The zero-order chi connectivity index (χ0) is 14.8. The Labute approximate surface area is 113 Å². The number of nitrogens with one attached hydrogen (secondary N) is 1. The van der Waals surface area contributed by atoms with E-state index in [0.717, 1.165) is 6.07 Å². The molecule has 0 aliphatic heterocycles. The van der Waals surface area contributed by atoms with E-state index in [9.17, 15) is 13.2 Å². The highest BCUT2D eigenvalue weighted by Crippen LogP contribution is 2.34. The fraction of sp³-hybridized carbons (Fsp3) is 0.143. The summed E-state index contributed by atoms with van der Waals surface area (Å²) in [6.45, 7) is 1.41. The van der Waals surface area contributed by atoms with Crippen LogP contribution in [0.15, 0.2) is 36.5 Å². The number of rotatable bonds is 2. The monoisotopic (exact) mass is 277 g/mol. The van der Waals surface area contributed by atoms with Gasteiger partial charge in [-0.1, -0.05) is 6.07 Å². The highest BCUT2D eigenvalue weighted by atomic mass is 19.4. The van der Waals surface area contributed by atoms with Crippen LogP contribution in [0.25, 0.3) is 0 Å². The number of hydrogen-bond acceptors (Lipinski definition) is 3. The maximum atomic E-state index is 12.8. The average molecular weight is 277 g/mol. The Morgan fingerprint density at radius 1 is 1.15 bits per heavy atom. The van der Waals surface area contributed by atoms with Crippen molar-refractivity contribution in [2.75, 3.05) is 5.32 Å². The standard InChI is InChI=1S/C14H10F3N3/c1-9-2-3-10(7-13(9)14(15,16)17)20-11-4-5-19-12(6-11)8-18/h2-7H,1H3,(H,19,20). The largest absolute Gasteiger partial charge is 0.416 e. The zero-order valence-electron chi connectivity index (χ0n) is 10.5. The van der Waals surface area contributed by atoms with Crippen molar-refractivity contribution in [3.8, 4) is 6.07 Å². The molecular formula is C14H10F3N3. The number of aryl methyl sites for hydroxylation is 1. The molecule has 3 nitrogen and oxygen atoms in total. The van der Waals surface area contributed by atoms with E-state index in [1.165, 1.54) is 25.3 Å². The van der Waals surface area contributed by atoms with Crippen molar-refractivity contribution in [2.24, 2.45) is 0 Å². The van der Waals surface area contributed by atoms with Gasteiger partial charge in [0.2, 0.25) is 0 Å². The number of nitriles is 1. The van der Waals surface area contributed by atoms with Crippen molar-refractivity contribution in [3.05, 3.63) is 53.3 Å². The van der Waals surface area contributed by atoms with Gasteiger partial charge >= 0.3 is 6.18 Å². The van der Waals surface area contributed by atoms with E-state index in [0.29, 0.717) is 11.4 Å². The smallest absolute Gasteiger partial charge is 0.355 e. The lowest BCUT2D eigenvalue weighted by Gasteiger charge is -2.13. The van der Waals surface area contributed by atoms with Crippen molar-refractivity contribution in [1.82, 2.24) is 4.98 Å². The van der Waals surface area contributed by atoms with Crippen LogP contribution in [-0.4, -0.2) is 4.98 Å². The molecule has 0 fully saturated rings. The number of halogens is 3. The summed E-state index contributed by atoms with van der Waals surface area (Å²) in [6.07, 6.45) is -2.97. The van der Waals surface area contributed by atoms with Crippen LogP contribution in [0.2, 0.25) is 0 Å². The third-order valence-electron chi connectivity index (χ3n) is 2.71. The zero-order valence-corrected chi connectivity index (χ0v) is 10.5. The number of aromatic nitrogens is 1. The van der Waals surface area contributed by atoms with Gasteiger partial charge < -0.3 is 5.32 Å². The molecule has 1 aromatic carbocycles. The molecule has 0 unspecified atom stereocenters. The molecule has 0 amide bonds. The Balaban J connectivity index is 2.33. The first-order valence-electron chi connectivity index (χ1n) is 5.71. The summed E-state index contributed by atoms with van der Waals surface area (Å²) in [6, 6.07) is 8.91. The first kappa shape index (κ1) is 13.9. The lowest BCUT2D eigenvalue weighted by molar-refractivity contribution is -0.138. The van der Waals surface area contributed by atoms with Gasteiger partial charge in [-0.3, -0.25) is 0 Å². The highest BCUT2D eigenvalue weighted by molar-refractivity contribution is 5.62. The number of benzene rings is 1. The molecule has 0 spiro atoms. The Kier molecular flexibility index (Phi) is 3.61. The van der Waals surface area contributed by atoms with E-state index >= 15 is 0 Å². The molecule has 1 aromatic heterocycles. The third kappa shape index (κ3) is 3.06. The second-order valence-corrected chi connectivity index (χ2v) is 4.19. The molecule has 102 valence electrons. The summed E-state index contributed by atoms with van der Waals surface area (Å²) >= 11 is 0. The predicted molar refractivity (Wildman–Crippen MR) is 68.4 cm³/mol. The van der Waals surface area contributed by atoms with Crippen LogP contribution in [0, 0.1) is 18.3 Å². The molecule has 0 saturated carbocycles. The lowest BCUT2D eigenvalue weighted by atomic mass is 10.1. The van der Waals surface area contributed by atoms with Gasteiger partial charge in [-0.05, 0) is 36.8 Å². The summed E-state index contributed by atoms with van der Waals surface area (Å²) < 4.78 is 38.4. The summed E-state index contributed by atoms with van der Waals surface area (Å²) in [5.41, 5.74) is 0.484. The van der Waals surface area contributed by atoms with Crippen LogP contribution >= 0.6 is 0 Å². The van der Waals surface area contributed by atoms with Crippen LogP contribution in [0.3, 0.4) is 0 Å². The normalized spacial score (nSPS) is 10.9. The number of hydrogen-bond donors (Lipinski definition) is 1. The van der Waals surface area contributed by atoms with Gasteiger partial charge in [0, 0.05) is 17.6 Å². The first-order chi connectivity index (χ1) is 9.40. The third-order valence-corrected chi connectivity index (χ3v) is 2.71. The SMILES string of the molecule is Cc1ccc(Nc2ccnc(C#N)c2)cc1C(F)(F)F. The van der Waals surface area contributed by atoms with Crippen molar-refractivity contribution in [3.63, 3.8) is 0 Å². The fourth-order valence-electron chi connectivity index (χ4n) is 1.74. The van der Waals surface area contributed by atoms with Gasteiger partial charge in [-0.2, -0.15) is 18.4 Å². The number of anilines is 2. The van der Waals surface area contributed by atoms with Crippen LogP contribution in [0.4, 0.5) is 24.5 Å². The van der Waals surface area contributed by atoms with Crippen LogP contribution < -0.4 is 5.32 Å². The molecule has 6 heteroatoms. The fourth-order valence-corrected chi connectivity index (χ4v) is 1.74. The Hall–Kier alpha value is -2.55. The lowest BCUT2D eigenvalue weighted by Crippen LogP contribution is -2.08. The molecule has 0 atom stereocenters. The molecule has 0 aliphatic rings. The number of nitrogens with zero attached hydrogens (tertiary/aromatic N) is 2. The summed E-state index contributed by atoms with van der Waals surface area (Å²) in [4.78, 5) is 3.79. The molecule has 0 bridgehead atoms. The van der Waals surface area contributed by atoms with Crippen LogP contribution in [-0.2, 0) is 6.18 Å². The molecule has 0 saturated heterocycles. The summed E-state index contributed by atoms with van der Waals surface area (Å²) in [5.74, 6) is 0. The minimum Gasteiger partial charge on any atom is -0.355 e. The summed E-state index contributed by atoms with van der Waals surface area (Å²) in [5, 5.41) is 11.6. The Bertz CT molecular complexity index is 672. The van der Waals surface area contributed by atoms with E-state index in [4.69, 9.17) is 5.26 Å². The molecule has 1 heterocycles. The molecular weight excluding hydrogens is 267 g/mol. The van der Waals surface area contributed by atoms with Crippen LogP contribution in [0.1, 0.15) is 16.8 Å². The quantitative estimate of drug-likeness (QED) is 0.901. The van der Waals surface area contributed by atoms with Gasteiger partial charge in [-0.25, -0.2) is 4.98 Å². The minimum absolute atomic E-state index is 0.162. The molecule has 1 N–H and O–H groups in total. The van der Waals surface area contributed by atoms with E-state index < -0.39 is 11.7 Å². The molecule has 2 rings (SSSR count). The molecule has 20 heavy (non-hydrogen) atoms. The van der Waals surface area contributed by atoms with Gasteiger partial charge in [0.15, 0.2) is 0 Å². The van der Waals surface area contributed by atoms with Crippen molar-refractivity contribution in [1.29, 1.82) is 5.26 Å². The van der Waals surface area contributed by atoms with E-state index in [2.05, 4.69) is 10.3 Å². The molecule has 0 radical (unpaired) electrons. The second-order valence-electron chi connectivity index (χ2n) is 4.19. The maximum absolute atomic E-state index is 12.8. The highest BCUT2D eigenvalue weighted by Gasteiger charge is 2.32. The van der Waals surface area contributed by atoms with Gasteiger partial charge in [0.05, 0.1) is 5.56 Å². The number of pyridine rings is 1. The van der Waals surface area contributed by atoms with Gasteiger partial charge in [0.25, 0.3) is 0 Å². The summed E-state index contributed by atoms with van der Waals surface area (Å²) in [7, 11) is 0. The van der Waals surface area contributed by atoms with Gasteiger partial charge in [-0.15, -0.1) is 0 Å². The average Bonchev–Trinajstić information content (AvgIpc) is 2.40. The van der Waals surface area contributed by atoms with E-state index in [1.807, 2.05) is 6.07 Å². The second kappa shape index (κ2) is 5.21. The molecule has 0 aliphatic carbocycles. The van der Waals surface area contributed by atoms with Gasteiger partial charge in [0.1, 0.15) is 11.8 Å². The topological polar surface area (TPSA) is 48.7 Å². The maximum Gasteiger partial charge on any atom is 0.416 e. The Morgan fingerprint density at radius 3 is 2.50 bits per heavy atom. The first-order valence-corrected chi connectivity index (χ1v) is 5.71. The predicted octanol–water partition coefficient (Wildman–Crippen LogP) is 4.02. The minimum atomic E-state index is -4.39. The Morgan fingerprint density at radius 2 is 1.85 bits per heavy atom. The molecule has 2 aromatic rings. The number of alkyl halides is 3.